The van der Waals surface area contributed by atoms with Gasteiger partial charge in [0.2, 0.25) is 0 Å². The number of hydrogen-bond donors (Lipinski definition) is 1. The van der Waals surface area contributed by atoms with Crippen molar-refractivity contribution in [3.63, 3.8) is 0 Å². The molecular weight excluding hydrogens is 208 g/mol. The minimum atomic E-state index is 0.819. The molecule has 2 aliphatic rings. The first-order valence-corrected chi connectivity index (χ1v) is 7.74. The Kier molecular flexibility index (Phi) is 5.30. The van der Waals surface area contributed by atoms with Crippen LogP contribution < -0.4 is 5.32 Å². The van der Waals surface area contributed by atoms with E-state index in [1.165, 1.54) is 64.7 Å². The van der Waals surface area contributed by atoms with Crippen molar-refractivity contribution < 1.29 is 0 Å². The van der Waals surface area contributed by atoms with E-state index in [9.17, 15) is 0 Å². The molecule has 1 heterocycles. The van der Waals surface area contributed by atoms with Crippen molar-refractivity contribution in [1.82, 2.24) is 10.2 Å². The molecule has 0 radical (unpaired) electrons. The number of hydrogen-bond acceptors (Lipinski definition) is 2. The predicted molar refractivity (Wildman–Crippen MR) is 74.3 cm³/mol. The maximum Gasteiger partial charge on any atom is 0.00955 e. The van der Waals surface area contributed by atoms with Gasteiger partial charge in [-0.3, -0.25) is 0 Å². The van der Waals surface area contributed by atoms with E-state index in [2.05, 4.69) is 24.1 Å². The Hall–Kier alpha value is -0.0800. The number of nitrogens with one attached hydrogen (secondary N) is 1. The van der Waals surface area contributed by atoms with E-state index in [-0.39, 0.29) is 0 Å². The molecule has 0 aromatic heterocycles. The topological polar surface area (TPSA) is 15.3 Å². The molecule has 2 heteroatoms. The molecule has 2 fully saturated rings. The molecule has 0 aromatic rings. The molecular formula is C15H30N2. The zero-order chi connectivity index (χ0) is 12.1. The SMILES string of the molecule is CCC1CCC(N2CCCNCC(C)C2)CC1. The molecule has 1 saturated carbocycles. The molecule has 1 aliphatic heterocycles. The van der Waals surface area contributed by atoms with Gasteiger partial charge in [-0.25, -0.2) is 0 Å². The Bertz CT molecular complexity index is 209. The average molecular weight is 238 g/mol. The van der Waals surface area contributed by atoms with Crippen LogP contribution in [0.2, 0.25) is 0 Å². The lowest BCUT2D eigenvalue weighted by molar-refractivity contribution is 0.110. The second-order valence-corrected chi connectivity index (χ2v) is 6.24. The zero-order valence-corrected chi connectivity index (χ0v) is 11.8. The Morgan fingerprint density at radius 3 is 2.65 bits per heavy atom. The third kappa shape index (κ3) is 3.96. The van der Waals surface area contributed by atoms with E-state index in [4.69, 9.17) is 0 Å². The van der Waals surface area contributed by atoms with Crippen LogP contribution in [0, 0.1) is 11.8 Å². The Balaban J connectivity index is 1.83. The molecule has 2 nitrogen and oxygen atoms in total. The van der Waals surface area contributed by atoms with E-state index in [1.807, 2.05) is 0 Å². The van der Waals surface area contributed by atoms with Crippen LogP contribution in [0.3, 0.4) is 0 Å². The monoisotopic (exact) mass is 238 g/mol. The van der Waals surface area contributed by atoms with Gasteiger partial charge in [0.1, 0.15) is 0 Å². The molecule has 2 rings (SSSR count). The third-order valence-electron chi connectivity index (χ3n) is 4.75. The normalized spacial score (nSPS) is 37.4. The second-order valence-electron chi connectivity index (χ2n) is 6.24. The summed E-state index contributed by atoms with van der Waals surface area (Å²) in [6.45, 7) is 9.80. The van der Waals surface area contributed by atoms with Crippen molar-refractivity contribution in [2.24, 2.45) is 11.8 Å². The number of nitrogens with zero attached hydrogens (tertiary/aromatic N) is 1. The fourth-order valence-electron chi connectivity index (χ4n) is 3.56. The summed E-state index contributed by atoms with van der Waals surface area (Å²) in [5, 5.41) is 3.55. The van der Waals surface area contributed by atoms with Gasteiger partial charge in [-0.2, -0.15) is 0 Å². The Morgan fingerprint density at radius 2 is 1.94 bits per heavy atom. The van der Waals surface area contributed by atoms with Crippen molar-refractivity contribution in [2.45, 2.75) is 58.4 Å². The van der Waals surface area contributed by atoms with Gasteiger partial charge in [0.05, 0.1) is 0 Å². The van der Waals surface area contributed by atoms with Gasteiger partial charge in [0.25, 0.3) is 0 Å². The Labute approximate surface area is 107 Å². The smallest absolute Gasteiger partial charge is 0.00955 e. The molecule has 1 aliphatic carbocycles. The van der Waals surface area contributed by atoms with Crippen LogP contribution in [0.1, 0.15) is 52.4 Å². The first-order valence-electron chi connectivity index (χ1n) is 7.74. The van der Waals surface area contributed by atoms with Gasteiger partial charge >= 0.3 is 0 Å². The van der Waals surface area contributed by atoms with Crippen LogP contribution >= 0.6 is 0 Å². The summed E-state index contributed by atoms with van der Waals surface area (Å²) in [6.07, 6.45) is 8.60. The highest BCUT2D eigenvalue weighted by Gasteiger charge is 2.26. The molecule has 100 valence electrons. The standard InChI is InChI=1S/C15H30N2/c1-3-14-5-7-15(8-6-14)17-10-4-9-16-11-13(2)12-17/h13-16H,3-12H2,1-2H3. The maximum atomic E-state index is 3.55. The van der Waals surface area contributed by atoms with E-state index in [1.54, 1.807) is 0 Å². The van der Waals surface area contributed by atoms with Crippen LogP contribution in [0.4, 0.5) is 0 Å². The third-order valence-corrected chi connectivity index (χ3v) is 4.75. The van der Waals surface area contributed by atoms with Crippen molar-refractivity contribution in [2.75, 3.05) is 26.2 Å². The molecule has 0 amide bonds. The van der Waals surface area contributed by atoms with Gasteiger partial charge < -0.3 is 10.2 Å². The van der Waals surface area contributed by atoms with Crippen LogP contribution in [0.15, 0.2) is 0 Å². The van der Waals surface area contributed by atoms with Gasteiger partial charge in [0, 0.05) is 12.6 Å². The minimum Gasteiger partial charge on any atom is -0.316 e. The molecule has 1 saturated heterocycles. The van der Waals surface area contributed by atoms with Gasteiger partial charge in [-0.05, 0) is 63.6 Å². The molecule has 1 N–H and O–H groups in total. The largest absolute Gasteiger partial charge is 0.316 e. The molecule has 1 atom stereocenters. The van der Waals surface area contributed by atoms with Gasteiger partial charge in [0.15, 0.2) is 0 Å². The lowest BCUT2D eigenvalue weighted by atomic mass is 9.83. The highest BCUT2D eigenvalue weighted by atomic mass is 15.2. The zero-order valence-electron chi connectivity index (χ0n) is 11.8. The van der Waals surface area contributed by atoms with Crippen molar-refractivity contribution >= 4 is 0 Å². The van der Waals surface area contributed by atoms with Gasteiger partial charge in [-0.15, -0.1) is 0 Å². The van der Waals surface area contributed by atoms with E-state index in [0.717, 1.165) is 17.9 Å². The predicted octanol–water partition coefficient (Wildman–Crippen LogP) is 2.89. The van der Waals surface area contributed by atoms with Crippen molar-refractivity contribution in [1.29, 1.82) is 0 Å². The summed E-state index contributed by atoms with van der Waals surface area (Å²) in [4.78, 5) is 2.80. The van der Waals surface area contributed by atoms with Crippen molar-refractivity contribution in [3.8, 4) is 0 Å². The fraction of sp³-hybridized carbons (Fsp3) is 1.00. The highest BCUT2D eigenvalue weighted by molar-refractivity contribution is 4.81. The summed E-state index contributed by atoms with van der Waals surface area (Å²) in [6, 6.07) is 0.901. The van der Waals surface area contributed by atoms with Gasteiger partial charge in [-0.1, -0.05) is 20.3 Å². The summed E-state index contributed by atoms with van der Waals surface area (Å²) in [5.41, 5.74) is 0. The van der Waals surface area contributed by atoms with Crippen LogP contribution in [0.5, 0.6) is 0 Å². The summed E-state index contributed by atoms with van der Waals surface area (Å²) in [7, 11) is 0. The first-order chi connectivity index (χ1) is 8.29. The summed E-state index contributed by atoms with van der Waals surface area (Å²) in [5.74, 6) is 1.85. The minimum absolute atomic E-state index is 0.819. The molecule has 0 spiro atoms. The lowest BCUT2D eigenvalue weighted by Crippen LogP contribution is -2.45. The average Bonchev–Trinajstić information content (AvgIpc) is 2.34. The lowest BCUT2D eigenvalue weighted by Gasteiger charge is -2.39. The van der Waals surface area contributed by atoms with E-state index >= 15 is 0 Å². The maximum absolute atomic E-state index is 3.55. The summed E-state index contributed by atoms with van der Waals surface area (Å²) >= 11 is 0. The van der Waals surface area contributed by atoms with E-state index in [0.29, 0.717) is 0 Å². The molecule has 1 unspecified atom stereocenters. The second kappa shape index (κ2) is 6.75. The van der Waals surface area contributed by atoms with Crippen LogP contribution in [0.25, 0.3) is 0 Å². The quantitative estimate of drug-likeness (QED) is 0.796. The summed E-state index contributed by atoms with van der Waals surface area (Å²) < 4.78 is 0. The fourth-order valence-corrected chi connectivity index (χ4v) is 3.56. The van der Waals surface area contributed by atoms with E-state index < -0.39 is 0 Å². The molecule has 0 bridgehead atoms. The Morgan fingerprint density at radius 1 is 1.18 bits per heavy atom. The van der Waals surface area contributed by atoms with Crippen LogP contribution in [-0.2, 0) is 0 Å². The number of rotatable bonds is 2. The highest BCUT2D eigenvalue weighted by Crippen LogP contribution is 2.30. The van der Waals surface area contributed by atoms with Crippen LogP contribution in [-0.4, -0.2) is 37.1 Å². The first kappa shape index (κ1) is 13.4. The van der Waals surface area contributed by atoms with Crippen molar-refractivity contribution in [3.05, 3.63) is 0 Å². The molecule has 0 aromatic carbocycles. The molecule has 17 heavy (non-hydrogen) atoms.